The first kappa shape index (κ1) is 11.5. The van der Waals surface area contributed by atoms with Gasteiger partial charge in [0.25, 0.3) is 0 Å². The van der Waals surface area contributed by atoms with Gasteiger partial charge >= 0.3 is 0 Å². The van der Waals surface area contributed by atoms with E-state index in [2.05, 4.69) is 37.9 Å². The van der Waals surface area contributed by atoms with Crippen LogP contribution in [0.1, 0.15) is 56.1 Å². The quantitative estimate of drug-likeness (QED) is 0.785. The summed E-state index contributed by atoms with van der Waals surface area (Å²) in [7, 11) is 0. The van der Waals surface area contributed by atoms with Crippen molar-refractivity contribution in [3.8, 4) is 0 Å². The Balaban J connectivity index is 2.41. The number of nitrogens with zero attached hydrogens (tertiary/aromatic N) is 2. The number of aromatic nitrogens is 2. The third-order valence-corrected chi connectivity index (χ3v) is 2.94. The van der Waals surface area contributed by atoms with E-state index in [0.29, 0.717) is 25.0 Å². The zero-order valence-electron chi connectivity index (χ0n) is 10.6. The summed E-state index contributed by atoms with van der Waals surface area (Å²) < 4.78 is 5.55. The largest absolute Gasteiger partial charge is 0.372 e. The second-order valence-electron chi connectivity index (χ2n) is 5.23. The van der Waals surface area contributed by atoms with Crippen LogP contribution in [0.3, 0.4) is 0 Å². The molecule has 0 unspecified atom stereocenters. The Morgan fingerprint density at radius 2 is 1.75 bits per heavy atom. The maximum Gasteiger partial charge on any atom is 0.0744 e. The Kier molecular flexibility index (Phi) is 3.24. The summed E-state index contributed by atoms with van der Waals surface area (Å²) in [6.07, 6.45) is 0.997. The Hall–Kier alpha value is -0.960. The monoisotopic (exact) mass is 220 g/mol. The van der Waals surface area contributed by atoms with Gasteiger partial charge in [0, 0.05) is 11.1 Å². The molecule has 3 nitrogen and oxygen atoms in total. The van der Waals surface area contributed by atoms with Gasteiger partial charge in [-0.15, -0.1) is 0 Å². The van der Waals surface area contributed by atoms with Gasteiger partial charge in [-0.3, -0.25) is 0 Å². The summed E-state index contributed by atoms with van der Waals surface area (Å²) in [6, 6.07) is 0. The Morgan fingerprint density at radius 3 is 2.38 bits per heavy atom. The fourth-order valence-electron chi connectivity index (χ4n) is 2.16. The average Bonchev–Trinajstić information content (AvgIpc) is 2.65. The van der Waals surface area contributed by atoms with Crippen molar-refractivity contribution in [1.29, 1.82) is 0 Å². The lowest BCUT2D eigenvalue weighted by molar-refractivity contribution is 0.133. The lowest BCUT2D eigenvalue weighted by Gasteiger charge is -2.12. The van der Waals surface area contributed by atoms with Gasteiger partial charge in [-0.1, -0.05) is 27.7 Å². The van der Waals surface area contributed by atoms with Crippen LogP contribution >= 0.6 is 0 Å². The Bertz CT molecular complexity index is 386. The molecule has 3 heteroatoms. The first-order valence-electron chi connectivity index (χ1n) is 6.04. The maximum absolute atomic E-state index is 5.55. The van der Waals surface area contributed by atoms with E-state index in [0.717, 1.165) is 17.8 Å². The average molecular weight is 220 g/mol. The van der Waals surface area contributed by atoms with Crippen LogP contribution in [0.4, 0.5) is 0 Å². The van der Waals surface area contributed by atoms with E-state index in [1.54, 1.807) is 0 Å². The Labute approximate surface area is 97.2 Å². The molecule has 0 aromatic carbocycles. The number of ether oxygens (including phenoxy) is 1. The first-order valence-corrected chi connectivity index (χ1v) is 6.04. The summed E-state index contributed by atoms with van der Waals surface area (Å²) in [5.41, 5.74) is 4.83. The van der Waals surface area contributed by atoms with Crippen molar-refractivity contribution in [3.63, 3.8) is 0 Å². The fourth-order valence-corrected chi connectivity index (χ4v) is 2.16. The highest BCUT2D eigenvalue weighted by Gasteiger charge is 2.23. The lowest BCUT2D eigenvalue weighted by Crippen LogP contribution is -2.09. The molecule has 0 saturated heterocycles. The van der Waals surface area contributed by atoms with Crippen LogP contribution in [0.25, 0.3) is 0 Å². The smallest absolute Gasteiger partial charge is 0.0744 e. The number of hydrogen-bond acceptors (Lipinski definition) is 3. The third kappa shape index (κ3) is 2.09. The van der Waals surface area contributed by atoms with Crippen LogP contribution in [0.15, 0.2) is 0 Å². The predicted molar refractivity (Wildman–Crippen MR) is 63.2 cm³/mol. The highest BCUT2D eigenvalue weighted by molar-refractivity contribution is 5.36. The molecule has 1 aliphatic rings. The van der Waals surface area contributed by atoms with Crippen molar-refractivity contribution in [1.82, 2.24) is 10.2 Å². The summed E-state index contributed by atoms with van der Waals surface area (Å²) in [4.78, 5) is 0. The molecule has 1 aromatic rings. The van der Waals surface area contributed by atoms with Crippen LogP contribution in [0.5, 0.6) is 0 Å². The minimum absolute atomic E-state index is 0.427. The standard InChI is InChI=1S/C13H20N2O/c1-8(2)5-12-10-6-16-7-11(10)13(9(3)4)15-14-12/h8-9H,5-7H2,1-4H3. The van der Waals surface area contributed by atoms with E-state index in [1.165, 1.54) is 11.1 Å². The van der Waals surface area contributed by atoms with Gasteiger partial charge in [0.15, 0.2) is 0 Å². The van der Waals surface area contributed by atoms with Gasteiger partial charge in [-0.05, 0) is 18.3 Å². The highest BCUT2D eigenvalue weighted by atomic mass is 16.5. The third-order valence-electron chi connectivity index (χ3n) is 2.94. The van der Waals surface area contributed by atoms with Crippen molar-refractivity contribution in [3.05, 3.63) is 22.5 Å². The van der Waals surface area contributed by atoms with E-state index in [-0.39, 0.29) is 0 Å². The van der Waals surface area contributed by atoms with Gasteiger partial charge < -0.3 is 4.74 Å². The molecule has 0 aliphatic carbocycles. The molecule has 1 aromatic heterocycles. The van der Waals surface area contributed by atoms with E-state index in [1.807, 2.05) is 0 Å². The van der Waals surface area contributed by atoms with Crippen LogP contribution in [0.2, 0.25) is 0 Å². The minimum atomic E-state index is 0.427. The van der Waals surface area contributed by atoms with E-state index in [9.17, 15) is 0 Å². The van der Waals surface area contributed by atoms with Crippen molar-refractivity contribution < 1.29 is 4.74 Å². The van der Waals surface area contributed by atoms with Crippen molar-refractivity contribution in [2.45, 2.75) is 53.2 Å². The van der Waals surface area contributed by atoms with Gasteiger partial charge in [0.05, 0.1) is 24.6 Å². The number of hydrogen-bond donors (Lipinski definition) is 0. The molecule has 0 amide bonds. The topological polar surface area (TPSA) is 35.0 Å². The predicted octanol–water partition coefficient (Wildman–Crippen LogP) is 2.83. The SMILES string of the molecule is CC(C)Cc1nnc(C(C)C)c2c1COC2. The summed E-state index contributed by atoms with van der Waals surface area (Å²) >= 11 is 0. The lowest BCUT2D eigenvalue weighted by atomic mass is 9.97. The molecule has 88 valence electrons. The molecule has 0 N–H and O–H groups in total. The van der Waals surface area contributed by atoms with Crippen LogP contribution in [-0.2, 0) is 24.4 Å². The molecule has 0 bridgehead atoms. The second kappa shape index (κ2) is 4.50. The molecule has 0 atom stereocenters. The molecule has 0 spiro atoms. The van der Waals surface area contributed by atoms with Crippen molar-refractivity contribution >= 4 is 0 Å². The zero-order chi connectivity index (χ0) is 11.7. The van der Waals surface area contributed by atoms with Gasteiger partial charge in [0.2, 0.25) is 0 Å². The molecule has 16 heavy (non-hydrogen) atoms. The van der Waals surface area contributed by atoms with Gasteiger partial charge in [0.1, 0.15) is 0 Å². The summed E-state index contributed by atoms with van der Waals surface area (Å²) in [6.45, 7) is 10.2. The van der Waals surface area contributed by atoms with Crippen LogP contribution in [-0.4, -0.2) is 10.2 Å². The van der Waals surface area contributed by atoms with Crippen molar-refractivity contribution in [2.24, 2.45) is 5.92 Å². The van der Waals surface area contributed by atoms with E-state index < -0.39 is 0 Å². The molecule has 0 fully saturated rings. The van der Waals surface area contributed by atoms with Crippen LogP contribution < -0.4 is 0 Å². The molecule has 0 saturated carbocycles. The first-order chi connectivity index (χ1) is 7.59. The van der Waals surface area contributed by atoms with E-state index >= 15 is 0 Å². The van der Waals surface area contributed by atoms with Gasteiger partial charge in [-0.2, -0.15) is 10.2 Å². The Morgan fingerprint density at radius 1 is 1.06 bits per heavy atom. The van der Waals surface area contributed by atoms with Crippen molar-refractivity contribution in [2.75, 3.05) is 0 Å². The molecular formula is C13H20N2O. The second-order valence-corrected chi connectivity index (χ2v) is 5.23. The fraction of sp³-hybridized carbons (Fsp3) is 0.692. The number of fused-ring (bicyclic) bond motifs is 1. The molecule has 0 radical (unpaired) electrons. The normalized spacial score (nSPS) is 14.9. The minimum Gasteiger partial charge on any atom is -0.372 e. The van der Waals surface area contributed by atoms with E-state index in [4.69, 9.17) is 4.74 Å². The zero-order valence-corrected chi connectivity index (χ0v) is 10.6. The highest BCUT2D eigenvalue weighted by Crippen LogP contribution is 2.29. The molecule has 2 rings (SSSR count). The molecule has 1 aliphatic heterocycles. The van der Waals surface area contributed by atoms with Crippen LogP contribution in [0, 0.1) is 5.92 Å². The molecular weight excluding hydrogens is 200 g/mol. The summed E-state index contributed by atoms with van der Waals surface area (Å²) in [5.74, 6) is 1.04. The van der Waals surface area contributed by atoms with Gasteiger partial charge in [-0.25, -0.2) is 0 Å². The molecule has 2 heterocycles. The maximum atomic E-state index is 5.55. The summed E-state index contributed by atoms with van der Waals surface area (Å²) in [5, 5.41) is 8.75. The number of rotatable bonds is 3.